The number of hydrogen-bond acceptors (Lipinski definition) is 4. The maximum atomic E-state index is 10.0. The fourth-order valence-corrected chi connectivity index (χ4v) is 2.59. The fourth-order valence-electron chi connectivity index (χ4n) is 2.59. The second kappa shape index (κ2) is 6.18. The molecule has 2 rings (SSSR count). The monoisotopic (exact) mass is 250 g/mol. The third-order valence-corrected chi connectivity index (χ3v) is 3.54. The number of aliphatic hydroxyl groups excluding tert-OH is 1. The van der Waals surface area contributed by atoms with Gasteiger partial charge in [-0.1, -0.05) is 17.7 Å². The summed E-state index contributed by atoms with van der Waals surface area (Å²) < 4.78 is 0. The Kier molecular flexibility index (Phi) is 4.58. The Bertz CT molecular complexity index is 389. The van der Waals surface area contributed by atoms with Crippen molar-refractivity contribution in [1.29, 1.82) is 0 Å². The number of piperazine rings is 1. The van der Waals surface area contributed by atoms with Gasteiger partial charge in [-0.3, -0.25) is 4.90 Å². The Morgan fingerprint density at radius 2 is 2.06 bits per heavy atom. The smallest absolute Gasteiger partial charge is 0.120 e. The molecule has 4 heteroatoms. The van der Waals surface area contributed by atoms with Crippen LogP contribution in [0.15, 0.2) is 18.2 Å². The second-order valence-electron chi connectivity index (χ2n) is 4.88. The van der Waals surface area contributed by atoms with Gasteiger partial charge in [0, 0.05) is 44.4 Å². The van der Waals surface area contributed by atoms with E-state index in [1.165, 1.54) is 0 Å². The lowest BCUT2D eigenvalue weighted by Crippen LogP contribution is -2.45. The van der Waals surface area contributed by atoms with E-state index in [9.17, 15) is 10.2 Å². The number of rotatable bonds is 4. The molecule has 1 atom stereocenters. The minimum Gasteiger partial charge on any atom is -0.508 e. The van der Waals surface area contributed by atoms with E-state index in [1.807, 2.05) is 19.1 Å². The van der Waals surface area contributed by atoms with Crippen molar-refractivity contribution in [2.24, 2.45) is 0 Å². The molecule has 1 aromatic carbocycles. The minimum atomic E-state index is 0.108. The van der Waals surface area contributed by atoms with E-state index in [0.29, 0.717) is 12.2 Å². The van der Waals surface area contributed by atoms with Crippen LogP contribution in [0.1, 0.15) is 23.6 Å². The summed E-state index contributed by atoms with van der Waals surface area (Å²) in [4.78, 5) is 2.33. The zero-order valence-electron chi connectivity index (χ0n) is 10.9. The van der Waals surface area contributed by atoms with Gasteiger partial charge in [0.2, 0.25) is 0 Å². The third kappa shape index (κ3) is 3.02. The lowest BCUT2D eigenvalue weighted by atomic mass is 9.98. The first-order valence-electron chi connectivity index (χ1n) is 6.57. The number of aliphatic hydroxyl groups is 1. The number of aromatic hydroxyl groups is 1. The Morgan fingerprint density at radius 1 is 1.33 bits per heavy atom. The second-order valence-corrected chi connectivity index (χ2v) is 4.88. The molecular formula is C14H22N2O2. The Labute approximate surface area is 108 Å². The van der Waals surface area contributed by atoms with Crippen LogP contribution in [-0.4, -0.2) is 47.9 Å². The van der Waals surface area contributed by atoms with Crippen molar-refractivity contribution in [2.45, 2.75) is 19.4 Å². The Hall–Kier alpha value is -1.10. The maximum absolute atomic E-state index is 10.0. The zero-order valence-corrected chi connectivity index (χ0v) is 10.9. The van der Waals surface area contributed by atoms with Gasteiger partial charge < -0.3 is 15.5 Å². The molecule has 0 aromatic heterocycles. The van der Waals surface area contributed by atoms with Crippen LogP contribution < -0.4 is 5.32 Å². The zero-order chi connectivity index (χ0) is 13.0. The quantitative estimate of drug-likeness (QED) is 0.747. The molecule has 18 heavy (non-hydrogen) atoms. The summed E-state index contributed by atoms with van der Waals surface area (Å²) in [5.74, 6) is 0.331. The molecule has 0 unspecified atom stereocenters. The van der Waals surface area contributed by atoms with Crippen molar-refractivity contribution in [3.63, 3.8) is 0 Å². The number of nitrogens with zero attached hydrogens (tertiary/aromatic N) is 1. The van der Waals surface area contributed by atoms with Crippen molar-refractivity contribution < 1.29 is 10.2 Å². The van der Waals surface area contributed by atoms with Gasteiger partial charge in [0.05, 0.1) is 0 Å². The van der Waals surface area contributed by atoms with Gasteiger partial charge >= 0.3 is 0 Å². The van der Waals surface area contributed by atoms with Crippen LogP contribution in [0.25, 0.3) is 0 Å². The predicted molar refractivity (Wildman–Crippen MR) is 71.7 cm³/mol. The lowest BCUT2D eigenvalue weighted by Gasteiger charge is -2.35. The number of benzene rings is 1. The number of aryl methyl sites for hydroxylation is 1. The van der Waals surface area contributed by atoms with Crippen LogP contribution in [0, 0.1) is 6.92 Å². The standard InChI is InChI=1S/C14H22N2O2/c1-11-2-3-14(18)12(10-11)13(4-9-17)16-7-5-15-6-8-16/h2-3,10,13,15,17-18H,4-9H2,1H3/t13-/m0/s1. The van der Waals surface area contributed by atoms with E-state index in [1.54, 1.807) is 6.07 Å². The molecule has 0 radical (unpaired) electrons. The summed E-state index contributed by atoms with van der Waals surface area (Å²) in [5, 5.41) is 22.6. The largest absolute Gasteiger partial charge is 0.508 e. The van der Waals surface area contributed by atoms with Crippen molar-refractivity contribution in [1.82, 2.24) is 10.2 Å². The molecule has 1 aliphatic rings. The summed E-state index contributed by atoms with van der Waals surface area (Å²) in [6, 6.07) is 5.79. The first-order valence-corrected chi connectivity index (χ1v) is 6.57. The summed E-state index contributed by atoms with van der Waals surface area (Å²) in [7, 11) is 0. The summed E-state index contributed by atoms with van der Waals surface area (Å²) in [6.07, 6.45) is 0.664. The molecule has 100 valence electrons. The van der Waals surface area contributed by atoms with Crippen molar-refractivity contribution in [3.8, 4) is 5.75 Å². The lowest BCUT2D eigenvalue weighted by molar-refractivity contribution is 0.139. The van der Waals surface area contributed by atoms with Gasteiger partial charge in [-0.25, -0.2) is 0 Å². The van der Waals surface area contributed by atoms with E-state index in [4.69, 9.17) is 0 Å². The molecule has 1 aliphatic heterocycles. The van der Waals surface area contributed by atoms with Crippen LogP contribution in [0.5, 0.6) is 5.75 Å². The molecule has 1 heterocycles. The van der Waals surface area contributed by atoms with Gasteiger partial charge in [-0.15, -0.1) is 0 Å². The van der Waals surface area contributed by atoms with Crippen LogP contribution >= 0.6 is 0 Å². The van der Waals surface area contributed by atoms with E-state index in [0.717, 1.165) is 37.3 Å². The average Bonchev–Trinajstić information content (AvgIpc) is 2.40. The van der Waals surface area contributed by atoms with Crippen LogP contribution in [0.3, 0.4) is 0 Å². The number of hydrogen-bond donors (Lipinski definition) is 3. The molecular weight excluding hydrogens is 228 g/mol. The van der Waals surface area contributed by atoms with Gasteiger partial charge in [-0.05, 0) is 19.4 Å². The summed E-state index contributed by atoms with van der Waals surface area (Å²) in [6.45, 7) is 6.01. The molecule has 0 aliphatic carbocycles. The van der Waals surface area contributed by atoms with Gasteiger partial charge in [0.15, 0.2) is 0 Å². The van der Waals surface area contributed by atoms with E-state index >= 15 is 0 Å². The molecule has 1 fully saturated rings. The molecule has 0 amide bonds. The van der Waals surface area contributed by atoms with E-state index in [-0.39, 0.29) is 12.6 Å². The highest BCUT2D eigenvalue weighted by Crippen LogP contribution is 2.32. The number of phenolic OH excluding ortho intramolecular Hbond substituents is 1. The van der Waals surface area contributed by atoms with E-state index < -0.39 is 0 Å². The highest BCUT2D eigenvalue weighted by Gasteiger charge is 2.23. The van der Waals surface area contributed by atoms with Gasteiger partial charge in [0.1, 0.15) is 5.75 Å². The molecule has 0 bridgehead atoms. The van der Waals surface area contributed by atoms with Gasteiger partial charge in [-0.2, -0.15) is 0 Å². The van der Waals surface area contributed by atoms with Gasteiger partial charge in [0.25, 0.3) is 0 Å². The first-order chi connectivity index (χ1) is 8.72. The highest BCUT2D eigenvalue weighted by molar-refractivity contribution is 5.38. The topological polar surface area (TPSA) is 55.7 Å². The molecule has 3 N–H and O–H groups in total. The Morgan fingerprint density at radius 3 is 2.72 bits per heavy atom. The number of phenols is 1. The van der Waals surface area contributed by atoms with Crippen molar-refractivity contribution in [2.75, 3.05) is 32.8 Å². The minimum absolute atomic E-state index is 0.108. The summed E-state index contributed by atoms with van der Waals surface area (Å²) in [5.41, 5.74) is 2.08. The van der Waals surface area contributed by atoms with E-state index in [2.05, 4.69) is 10.2 Å². The molecule has 1 saturated heterocycles. The SMILES string of the molecule is Cc1ccc(O)c([C@H](CCO)N2CCNCC2)c1. The molecule has 0 spiro atoms. The predicted octanol–water partition coefficient (Wildman–Crippen LogP) is 1.03. The van der Waals surface area contributed by atoms with Crippen molar-refractivity contribution >= 4 is 0 Å². The normalized spacial score (nSPS) is 18.8. The van der Waals surface area contributed by atoms with Crippen LogP contribution in [0.4, 0.5) is 0 Å². The molecule has 4 nitrogen and oxygen atoms in total. The first kappa shape index (κ1) is 13.3. The number of nitrogens with one attached hydrogen (secondary N) is 1. The van der Waals surface area contributed by atoms with Crippen molar-refractivity contribution in [3.05, 3.63) is 29.3 Å². The van der Waals surface area contributed by atoms with Crippen LogP contribution in [0.2, 0.25) is 0 Å². The maximum Gasteiger partial charge on any atom is 0.120 e. The third-order valence-electron chi connectivity index (χ3n) is 3.54. The highest BCUT2D eigenvalue weighted by atomic mass is 16.3. The summed E-state index contributed by atoms with van der Waals surface area (Å²) >= 11 is 0. The van der Waals surface area contributed by atoms with Crippen LogP contribution in [-0.2, 0) is 0 Å². The fraction of sp³-hybridized carbons (Fsp3) is 0.571. The molecule has 1 aromatic rings. The molecule has 0 saturated carbocycles. The Balaban J connectivity index is 2.24. The average molecular weight is 250 g/mol.